The van der Waals surface area contributed by atoms with Crippen molar-refractivity contribution in [2.75, 3.05) is 0 Å². The maximum Gasteiger partial charge on any atom is 0.156 e. The van der Waals surface area contributed by atoms with Gasteiger partial charge in [-0.05, 0) is 80.1 Å². The first-order valence-electron chi connectivity index (χ1n) is 9.10. The van der Waals surface area contributed by atoms with Crippen LogP contribution in [0.25, 0.3) is 0 Å². The molecule has 0 aliphatic heterocycles. The third kappa shape index (κ3) is 1.73. The summed E-state index contributed by atoms with van der Waals surface area (Å²) in [4.78, 5) is 24.1. The highest BCUT2D eigenvalue weighted by Gasteiger charge is 2.60. The molecule has 0 radical (unpaired) electrons. The van der Waals surface area contributed by atoms with Gasteiger partial charge in [-0.2, -0.15) is 0 Å². The van der Waals surface area contributed by atoms with Crippen molar-refractivity contribution >= 4 is 11.6 Å². The summed E-state index contributed by atoms with van der Waals surface area (Å²) < 4.78 is 0. The van der Waals surface area contributed by atoms with Gasteiger partial charge in [-0.1, -0.05) is 19.4 Å². The minimum atomic E-state index is 0.135. The molecule has 3 saturated carbocycles. The molecule has 0 spiro atoms. The number of hydrogen-bond acceptors (Lipinski definition) is 2. The minimum Gasteiger partial charge on any atom is -0.300 e. The fraction of sp³-hybridized carbons (Fsp3) is 0.800. The molecule has 0 N–H and O–H groups in total. The summed E-state index contributed by atoms with van der Waals surface area (Å²) in [6.45, 7) is 6.53. The molecule has 0 aromatic heterocycles. The Labute approximate surface area is 133 Å². The lowest BCUT2D eigenvalue weighted by atomic mass is 9.48. The van der Waals surface area contributed by atoms with Crippen molar-refractivity contribution in [2.24, 2.45) is 34.5 Å². The Morgan fingerprint density at radius 1 is 1.14 bits per heavy atom. The van der Waals surface area contributed by atoms with Crippen LogP contribution in [0, 0.1) is 34.5 Å². The number of ketones is 2. The fourth-order valence-electron chi connectivity index (χ4n) is 7.08. The van der Waals surface area contributed by atoms with E-state index in [0.29, 0.717) is 23.4 Å². The monoisotopic (exact) mass is 300 g/mol. The van der Waals surface area contributed by atoms with Crippen molar-refractivity contribution in [2.45, 2.75) is 65.7 Å². The lowest BCUT2D eigenvalue weighted by molar-refractivity contribution is -0.127. The third-order valence-electron chi connectivity index (χ3n) is 8.10. The van der Waals surface area contributed by atoms with Crippen LogP contribution in [0.2, 0.25) is 0 Å². The van der Waals surface area contributed by atoms with Gasteiger partial charge in [0.15, 0.2) is 5.78 Å². The van der Waals surface area contributed by atoms with Gasteiger partial charge in [0.05, 0.1) is 0 Å². The van der Waals surface area contributed by atoms with Gasteiger partial charge in [0, 0.05) is 12.3 Å². The van der Waals surface area contributed by atoms with Gasteiger partial charge in [-0.3, -0.25) is 9.59 Å². The van der Waals surface area contributed by atoms with Crippen molar-refractivity contribution in [3.05, 3.63) is 11.6 Å². The standard InChI is InChI=1S/C20H28O2/c1-12(21)16-6-7-17-15-5-4-13-10-14(22)11-20(13,3)18(15)8-9-19(16,17)2/h10,15-18H,4-9,11H2,1-3H3/t15?,16?,17?,18?,19-,20+/m1/s1. The Morgan fingerprint density at radius 2 is 1.91 bits per heavy atom. The van der Waals surface area contributed by atoms with E-state index in [4.69, 9.17) is 0 Å². The molecule has 22 heavy (non-hydrogen) atoms. The summed E-state index contributed by atoms with van der Waals surface area (Å²) in [5, 5.41) is 0. The first-order valence-corrected chi connectivity index (χ1v) is 9.10. The first kappa shape index (κ1) is 14.7. The average molecular weight is 300 g/mol. The third-order valence-corrected chi connectivity index (χ3v) is 8.10. The zero-order valence-corrected chi connectivity index (χ0v) is 14.2. The van der Waals surface area contributed by atoms with E-state index >= 15 is 0 Å². The van der Waals surface area contributed by atoms with Gasteiger partial charge >= 0.3 is 0 Å². The van der Waals surface area contributed by atoms with Crippen LogP contribution in [-0.4, -0.2) is 11.6 Å². The van der Waals surface area contributed by atoms with E-state index in [-0.39, 0.29) is 16.7 Å². The summed E-state index contributed by atoms with van der Waals surface area (Å²) in [7, 11) is 0. The SMILES string of the molecule is CC(=O)C1CCC2C3CCC4=CC(=O)C[C@]4(C)C3CC[C@]12C. The second-order valence-corrected chi connectivity index (χ2v) is 8.93. The van der Waals surface area contributed by atoms with Crippen LogP contribution >= 0.6 is 0 Å². The lowest BCUT2D eigenvalue weighted by Crippen LogP contribution is -2.49. The number of hydrogen-bond donors (Lipinski definition) is 0. The van der Waals surface area contributed by atoms with Crippen LogP contribution in [-0.2, 0) is 9.59 Å². The molecule has 4 aliphatic carbocycles. The van der Waals surface area contributed by atoms with Crippen molar-refractivity contribution < 1.29 is 9.59 Å². The Balaban J connectivity index is 1.67. The van der Waals surface area contributed by atoms with Crippen molar-refractivity contribution in [3.8, 4) is 0 Å². The predicted octanol–water partition coefficient (Wildman–Crippen LogP) is 4.33. The van der Waals surface area contributed by atoms with Gasteiger partial charge < -0.3 is 0 Å². The Kier molecular flexibility index (Phi) is 3.03. The van der Waals surface area contributed by atoms with Gasteiger partial charge in [-0.25, -0.2) is 0 Å². The molecule has 0 saturated heterocycles. The Hall–Kier alpha value is -0.920. The van der Waals surface area contributed by atoms with Crippen molar-refractivity contribution in [3.63, 3.8) is 0 Å². The van der Waals surface area contributed by atoms with E-state index in [0.717, 1.165) is 25.2 Å². The van der Waals surface area contributed by atoms with Gasteiger partial charge in [0.1, 0.15) is 5.78 Å². The quantitative estimate of drug-likeness (QED) is 0.722. The molecule has 0 amide bonds. The molecular formula is C20H28O2. The van der Waals surface area contributed by atoms with Crippen LogP contribution in [0.4, 0.5) is 0 Å². The number of carbonyl (C=O) groups excluding carboxylic acids is 2. The first-order chi connectivity index (χ1) is 10.4. The fourth-order valence-corrected chi connectivity index (χ4v) is 7.08. The van der Waals surface area contributed by atoms with Gasteiger partial charge in [0.2, 0.25) is 0 Å². The van der Waals surface area contributed by atoms with Gasteiger partial charge in [0.25, 0.3) is 0 Å². The van der Waals surface area contributed by atoms with Crippen LogP contribution in [0.5, 0.6) is 0 Å². The Bertz CT molecular complexity index is 574. The van der Waals surface area contributed by atoms with Crippen molar-refractivity contribution in [1.82, 2.24) is 0 Å². The molecular weight excluding hydrogens is 272 g/mol. The maximum absolute atomic E-state index is 12.1. The van der Waals surface area contributed by atoms with E-state index in [1.54, 1.807) is 6.92 Å². The summed E-state index contributed by atoms with van der Waals surface area (Å²) in [5.74, 6) is 3.14. The Morgan fingerprint density at radius 3 is 2.64 bits per heavy atom. The van der Waals surface area contributed by atoms with E-state index in [9.17, 15) is 9.59 Å². The van der Waals surface area contributed by atoms with Crippen LogP contribution in [0.15, 0.2) is 11.6 Å². The second-order valence-electron chi connectivity index (χ2n) is 8.93. The van der Waals surface area contributed by atoms with Crippen LogP contribution in [0.3, 0.4) is 0 Å². The summed E-state index contributed by atoms with van der Waals surface area (Å²) in [5.41, 5.74) is 1.80. The average Bonchev–Trinajstić information content (AvgIpc) is 2.93. The predicted molar refractivity (Wildman–Crippen MR) is 86.3 cm³/mol. The summed E-state index contributed by atoms with van der Waals surface area (Å²) in [6, 6.07) is 0. The highest BCUT2D eigenvalue weighted by Crippen LogP contribution is 2.66. The number of fused-ring (bicyclic) bond motifs is 5. The number of allylic oxidation sites excluding steroid dienone is 2. The van der Waals surface area contributed by atoms with Crippen molar-refractivity contribution in [1.29, 1.82) is 0 Å². The second kappa shape index (κ2) is 4.55. The molecule has 4 unspecified atom stereocenters. The van der Waals surface area contributed by atoms with E-state index in [2.05, 4.69) is 13.8 Å². The topological polar surface area (TPSA) is 34.1 Å². The summed E-state index contributed by atoms with van der Waals surface area (Å²) in [6.07, 6.45) is 9.76. The molecule has 0 bridgehead atoms. The molecule has 4 aliphatic rings. The zero-order valence-electron chi connectivity index (χ0n) is 14.2. The molecule has 2 heteroatoms. The van der Waals surface area contributed by atoms with Crippen LogP contribution < -0.4 is 0 Å². The zero-order chi connectivity index (χ0) is 15.7. The number of Topliss-reactive ketones (excluding diaryl/α,β-unsaturated/α-hetero) is 1. The van der Waals surface area contributed by atoms with Gasteiger partial charge in [-0.15, -0.1) is 0 Å². The highest BCUT2D eigenvalue weighted by atomic mass is 16.1. The van der Waals surface area contributed by atoms with E-state index in [1.807, 2.05) is 6.08 Å². The largest absolute Gasteiger partial charge is 0.300 e. The number of rotatable bonds is 1. The summed E-state index contributed by atoms with van der Waals surface area (Å²) >= 11 is 0. The smallest absolute Gasteiger partial charge is 0.156 e. The molecule has 2 nitrogen and oxygen atoms in total. The van der Waals surface area contributed by atoms with E-state index in [1.165, 1.54) is 31.3 Å². The molecule has 0 heterocycles. The normalized spacial score (nSPS) is 50.1. The van der Waals surface area contributed by atoms with E-state index < -0.39 is 0 Å². The molecule has 0 aromatic rings. The molecule has 6 atom stereocenters. The molecule has 4 rings (SSSR count). The maximum atomic E-state index is 12.1. The molecule has 0 aromatic carbocycles. The molecule has 120 valence electrons. The number of carbonyl (C=O) groups is 2. The van der Waals surface area contributed by atoms with Crippen LogP contribution in [0.1, 0.15) is 65.7 Å². The lowest BCUT2D eigenvalue weighted by Gasteiger charge is -2.56. The molecule has 3 fully saturated rings. The highest BCUT2D eigenvalue weighted by molar-refractivity contribution is 5.94. The minimum absolute atomic E-state index is 0.135.